The predicted molar refractivity (Wildman–Crippen MR) is 118 cm³/mol. The Morgan fingerprint density at radius 1 is 1.13 bits per heavy atom. The molecule has 1 saturated heterocycles. The van der Waals surface area contributed by atoms with Gasteiger partial charge in [-0.1, -0.05) is 29.8 Å². The molecule has 1 aliphatic rings. The van der Waals surface area contributed by atoms with E-state index in [0.29, 0.717) is 29.8 Å². The number of ether oxygens (including phenoxy) is 1. The molecule has 2 aromatic carbocycles. The molecule has 1 fully saturated rings. The average molecular weight is 423 g/mol. The third kappa shape index (κ3) is 4.54. The van der Waals surface area contributed by atoms with Crippen LogP contribution >= 0.6 is 11.6 Å². The van der Waals surface area contributed by atoms with E-state index in [1.165, 1.54) is 0 Å². The van der Waals surface area contributed by atoms with Crippen LogP contribution in [0.5, 0.6) is 5.75 Å². The van der Waals surface area contributed by atoms with Crippen LogP contribution < -0.4 is 10.1 Å². The van der Waals surface area contributed by atoms with E-state index < -0.39 is 0 Å². The van der Waals surface area contributed by atoms with Gasteiger partial charge in [0.25, 0.3) is 5.91 Å². The van der Waals surface area contributed by atoms with Gasteiger partial charge >= 0.3 is 0 Å². The highest BCUT2D eigenvalue weighted by Crippen LogP contribution is 2.31. The van der Waals surface area contributed by atoms with Crippen LogP contribution in [0.1, 0.15) is 23.2 Å². The van der Waals surface area contributed by atoms with Crippen LogP contribution in [-0.2, 0) is 0 Å². The topological polar surface area (TPSA) is 67.3 Å². The first kappa shape index (κ1) is 20.2. The van der Waals surface area contributed by atoms with E-state index in [4.69, 9.17) is 16.3 Å². The number of hydrogen-bond acceptors (Lipinski definition) is 5. The molecule has 4 rings (SSSR count). The van der Waals surface area contributed by atoms with Crippen LogP contribution in [0.2, 0.25) is 5.02 Å². The van der Waals surface area contributed by atoms with Crippen LogP contribution in [0.4, 0.5) is 5.95 Å². The highest BCUT2D eigenvalue weighted by Gasteiger charge is 2.24. The molecule has 1 aromatic heterocycles. The first-order valence-electron chi connectivity index (χ1n) is 9.92. The summed E-state index contributed by atoms with van der Waals surface area (Å²) >= 11 is 6.16. The van der Waals surface area contributed by atoms with Crippen molar-refractivity contribution in [3.63, 3.8) is 0 Å². The molecule has 0 radical (unpaired) electrons. The van der Waals surface area contributed by atoms with Crippen molar-refractivity contribution in [2.24, 2.45) is 0 Å². The molecule has 0 bridgehead atoms. The average Bonchev–Trinajstić information content (AvgIpc) is 2.80. The molecule has 154 valence electrons. The quantitative estimate of drug-likeness (QED) is 0.654. The van der Waals surface area contributed by atoms with Crippen molar-refractivity contribution in [3.05, 3.63) is 71.4 Å². The summed E-state index contributed by atoms with van der Waals surface area (Å²) in [5, 5.41) is 4.03. The maximum absolute atomic E-state index is 12.6. The number of likely N-dealkylation sites (tertiary alicyclic amines) is 1. The first-order chi connectivity index (χ1) is 14.6. The molecule has 30 heavy (non-hydrogen) atoms. The molecule has 7 heteroatoms. The summed E-state index contributed by atoms with van der Waals surface area (Å²) < 4.78 is 5.44. The lowest BCUT2D eigenvalue weighted by molar-refractivity contribution is 0.0718. The number of rotatable bonds is 5. The molecular formula is C23H23ClN4O2. The van der Waals surface area contributed by atoms with E-state index in [1.54, 1.807) is 19.4 Å². The Labute approximate surface area is 180 Å². The normalized spacial score (nSPS) is 14.4. The highest BCUT2D eigenvalue weighted by molar-refractivity contribution is 6.31. The SMILES string of the molecule is COc1ccc(Cl)cc1-c1ccnc(NC2CCN(C(=O)c3ccccc3)CC2)n1. The van der Waals surface area contributed by atoms with Gasteiger partial charge < -0.3 is 15.0 Å². The molecule has 6 nitrogen and oxygen atoms in total. The molecule has 3 aromatic rings. The Morgan fingerprint density at radius 3 is 2.63 bits per heavy atom. The molecule has 1 N–H and O–H groups in total. The smallest absolute Gasteiger partial charge is 0.253 e. The zero-order valence-corrected chi connectivity index (χ0v) is 17.5. The number of amides is 1. The van der Waals surface area contributed by atoms with Gasteiger partial charge in [0.05, 0.1) is 12.8 Å². The van der Waals surface area contributed by atoms with Crippen molar-refractivity contribution in [1.29, 1.82) is 0 Å². The lowest BCUT2D eigenvalue weighted by Gasteiger charge is -2.32. The van der Waals surface area contributed by atoms with Gasteiger partial charge in [-0.25, -0.2) is 9.97 Å². The zero-order valence-electron chi connectivity index (χ0n) is 16.7. The van der Waals surface area contributed by atoms with Gasteiger partial charge in [-0.15, -0.1) is 0 Å². The number of methoxy groups -OCH3 is 1. The summed E-state index contributed by atoms with van der Waals surface area (Å²) in [6, 6.07) is 16.9. The number of piperidine rings is 1. The summed E-state index contributed by atoms with van der Waals surface area (Å²) in [7, 11) is 1.62. The van der Waals surface area contributed by atoms with Crippen molar-refractivity contribution < 1.29 is 9.53 Å². The summed E-state index contributed by atoms with van der Waals surface area (Å²) in [5.74, 6) is 1.35. The van der Waals surface area contributed by atoms with Crippen LogP contribution in [0.3, 0.4) is 0 Å². The minimum absolute atomic E-state index is 0.0837. The number of halogens is 1. The zero-order chi connectivity index (χ0) is 20.9. The number of carbonyl (C=O) groups excluding carboxylic acids is 1. The summed E-state index contributed by atoms with van der Waals surface area (Å²) in [5.41, 5.74) is 2.29. The Kier molecular flexibility index (Phi) is 6.14. The van der Waals surface area contributed by atoms with Gasteiger partial charge in [-0.05, 0) is 49.2 Å². The highest BCUT2D eigenvalue weighted by atomic mass is 35.5. The van der Waals surface area contributed by atoms with E-state index in [2.05, 4.69) is 15.3 Å². The van der Waals surface area contributed by atoms with E-state index >= 15 is 0 Å². The molecule has 1 amide bonds. The van der Waals surface area contributed by atoms with Gasteiger partial charge in [0.2, 0.25) is 5.95 Å². The second-order valence-corrected chi connectivity index (χ2v) is 7.62. The molecule has 0 unspecified atom stereocenters. The van der Waals surface area contributed by atoms with Crippen molar-refractivity contribution in [2.45, 2.75) is 18.9 Å². The van der Waals surface area contributed by atoms with E-state index in [9.17, 15) is 4.79 Å². The maximum Gasteiger partial charge on any atom is 0.253 e. The standard InChI is InChI=1S/C23H23ClN4O2/c1-30-21-8-7-17(24)15-19(21)20-9-12-25-23(27-20)26-18-10-13-28(14-11-18)22(29)16-5-3-2-4-6-16/h2-9,12,15,18H,10-11,13-14H2,1H3,(H,25,26,27). The fourth-order valence-corrected chi connectivity index (χ4v) is 3.80. The van der Waals surface area contributed by atoms with E-state index in [-0.39, 0.29) is 11.9 Å². The molecule has 0 spiro atoms. The number of nitrogens with one attached hydrogen (secondary N) is 1. The second-order valence-electron chi connectivity index (χ2n) is 7.19. The van der Waals surface area contributed by atoms with E-state index in [0.717, 1.165) is 29.7 Å². The third-order valence-electron chi connectivity index (χ3n) is 5.23. The van der Waals surface area contributed by atoms with Crippen molar-refractivity contribution in [1.82, 2.24) is 14.9 Å². The largest absolute Gasteiger partial charge is 0.496 e. The van der Waals surface area contributed by atoms with Crippen LogP contribution in [0.15, 0.2) is 60.8 Å². The Balaban J connectivity index is 1.41. The van der Waals surface area contributed by atoms with Gasteiger partial charge in [0.1, 0.15) is 5.75 Å². The van der Waals surface area contributed by atoms with Crippen LogP contribution in [0.25, 0.3) is 11.3 Å². The van der Waals surface area contributed by atoms with Gasteiger partial charge in [-0.3, -0.25) is 4.79 Å². The van der Waals surface area contributed by atoms with E-state index in [1.807, 2.05) is 53.4 Å². The molecular weight excluding hydrogens is 400 g/mol. The fraction of sp³-hybridized carbons (Fsp3) is 0.261. The number of aromatic nitrogens is 2. The van der Waals surface area contributed by atoms with Crippen LogP contribution in [0, 0.1) is 0 Å². The minimum Gasteiger partial charge on any atom is -0.496 e. The number of carbonyl (C=O) groups is 1. The number of nitrogens with zero attached hydrogens (tertiary/aromatic N) is 3. The van der Waals surface area contributed by atoms with Gasteiger partial charge in [-0.2, -0.15) is 0 Å². The number of anilines is 1. The molecule has 0 saturated carbocycles. The summed E-state index contributed by atoms with van der Waals surface area (Å²) in [6.07, 6.45) is 3.40. The van der Waals surface area contributed by atoms with Crippen LogP contribution in [-0.4, -0.2) is 47.0 Å². The van der Waals surface area contributed by atoms with Crippen molar-refractivity contribution in [3.8, 4) is 17.0 Å². The Hall–Kier alpha value is -3.12. The van der Waals surface area contributed by atoms with Gasteiger partial charge in [0, 0.05) is 41.5 Å². The summed E-state index contributed by atoms with van der Waals surface area (Å²) in [4.78, 5) is 23.5. The second kappa shape index (κ2) is 9.13. The molecule has 0 atom stereocenters. The number of hydrogen-bond donors (Lipinski definition) is 1. The third-order valence-corrected chi connectivity index (χ3v) is 5.46. The molecule has 1 aliphatic heterocycles. The van der Waals surface area contributed by atoms with Crippen molar-refractivity contribution in [2.75, 3.05) is 25.5 Å². The van der Waals surface area contributed by atoms with Crippen molar-refractivity contribution >= 4 is 23.5 Å². The monoisotopic (exact) mass is 422 g/mol. The summed E-state index contributed by atoms with van der Waals surface area (Å²) in [6.45, 7) is 1.40. The molecule has 2 heterocycles. The first-order valence-corrected chi connectivity index (χ1v) is 10.3. The lowest BCUT2D eigenvalue weighted by Crippen LogP contribution is -2.42. The minimum atomic E-state index is 0.0837. The Morgan fingerprint density at radius 2 is 1.90 bits per heavy atom. The van der Waals surface area contributed by atoms with Gasteiger partial charge in [0.15, 0.2) is 0 Å². The fourth-order valence-electron chi connectivity index (χ4n) is 3.63. The molecule has 0 aliphatic carbocycles. The Bertz CT molecular complexity index is 1020. The predicted octanol–water partition coefficient (Wildman–Crippen LogP) is 4.52. The lowest BCUT2D eigenvalue weighted by atomic mass is 10.0. The maximum atomic E-state index is 12.6. The number of benzene rings is 2.